The molecule has 0 spiro atoms. The van der Waals surface area contributed by atoms with Crippen LogP contribution in [0.2, 0.25) is 0 Å². The van der Waals surface area contributed by atoms with E-state index in [0.717, 1.165) is 21.3 Å². The summed E-state index contributed by atoms with van der Waals surface area (Å²) in [6, 6.07) is 18.4. The first-order valence-corrected chi connectivity index (χ1v) is 11.7. The summed E-state index contributed by atoms with van der Waals surface area (Å²) in [5, 5.41) is 4.87. The second-order valence-corrected chi connectivity index (χ2v) is 8.92. The van der Waals surface area contributed by atoms with Gasteiger partial charge in [-0.05, 0) is 35.0 Å². The van der Waals surface area contributed by atoms with Crippen LogP contribution in [0.25, 0.3) is 10.8 Å². The zero-order chi connectivity index (χ0) is 23.1. The third-order valence-corrected chi connectivity index (χ3v) is 5.90. The van der Waals surface area contributed by atoms with Crippen LogP contribution in [-0.4, -0.2) is 54.5 Å². The summed E-state index contributed by atoms with van der Waals surface area (Å²) < 4.78 is 41.7. The minimum absolute atomic E-state index is 0.231. The Hall–Kier alpha value is -3.46. The van der Waals surface area contributed by atoms with E-state index in [1.165, 1.54) is 20.3 Å². The lowest BCUT2D eigenvalue weighted by atomic mass is 10.1. The Balaban J connectivity index is 1.58. The number of ether oxygens (including phenoxy) is 3. The highest BCUT2D eigenvalue weighted by atomic mass is 32.2. The first-order valence-electron chi connectivity index (χ1n) is 9.90. The number of methoxy groups -OCH3 is 2. The molecule has 3 rings (SSSR count). The van der Waals surface area contributed by atoms with Gasteiger partial charge >= 0.3 is 0 Å². The third kappa shape index (κ3) is 5.82. The average molecular weight is 459 g/mol. The van der Waals surface area contributed by atoms with Gasteiger partial charge in [0, 0.05) is 6.07 Å². The highest BCUT2D eigenvalue weighted by Gasteiger charge is 2.22. The van der Waals surface area contributed by atoms with Crippen molar-refractivity contribution in [2.75, 3.05) is 44.5 Å². The number of carbonyl (C=O) groups is 1. The molecule has 3 aromatic carbocycles. The zero-order valence-corrected chi connectivity index (χ0v) is 19.0. The van der Waals surface area contributed by atoms with Gasteiger partial charge in [-0.2, -0.15) is 0 Å². The minimum Gasteiger partial charge on any atom is -0.493 e. The fraction of sp³-hybridized carbons (Fsp3) is 0.261. The van der Waals surface area contributed by atoms with Crippen molar-refractivity contribution >= 4 is 32.4 Å². The lowest BCUT2D eigenvalue weighted by Gasteiger charge is -2.23. The summed E-state index contributed by atoms with van der Waals surface area (Å²) >= 11 is 0. The van der Waals surface area contributed by atoms with E-state index in [4.69, 9.17) is 14.2 Å². The van der Waals surface area contributed by atoms with E-state index in [1.807, 2.05) is 42.5 Å². The van der Waals surface area contributed by atoms with E-state index < -0.39 is 15.9 Å². The number of nitrogens with zero attached hydrogens (tertiary/aromatic N) is 1. The molecule has 3 aromatic rings. The lowest BCUT2D eigenvalue weighted by molar-refractivity contribution is -0.119. The molecule has 0 aliphatic carbocycles. The first-order chi connectivity index (χ1) is 15.3. The van der Waals surface area contributed by atoms with E-state index in [1.54, 1.807) is 12.1 Å². The van der Waals surface area contributed by atoms with E-state index in [2.05, 4.69) is 5.32 Å². The summed E-state index contributed by atoms with van der Waals surface area (Å²) in [4.78, 5) is 12.4. The number of fused-ring (bicyclic) bond motifs is 1. The molecule has 0 aliphatic rings. The van der Waals surface area contributed by atoms with Crippen molar-refractivity contribution < 1.29 is 27.4 Å². The molecule has 0 aromatic heterocycles. The predicted molar refractivity (Wildman–Crippen MR) is 124 cm³/mol. The molecule has 0 atom stereocenters. The number of carbonyl (C=O) groups excluding carboxylic acids is 1. The van der Waals surface area contributed by atoms with Gasteiger partial charge in [-0.15, -0.1) is 0 Å². The Kier molecular flexibility index (Phi) is 7.42. The molecule has 0 aliphatic heterocycles. The second kappa shape index (κ2) is 10.2. The Morgan fingerprint density at radius 1 is 0.938 bits per heavy atom. The smallest absolute Gasteiger partial charge is 0.240 e. The SMILES string of the molecule is COc1ccc(N(CC(=O)NCCOc2ccc3ccccc3c2)S(C)(=O)=O)cc1OC. The number of sulfonamides is 1. The predicted octanol–water partition coefficient (Wildman–Crippen LogP) is 2.82. The van der Waals surface area contributed by atoms with Crippen LogP contribution in [0.3, 0.4) is 0 Å². The van der Waals surface area contributed by atoms with Crippen LogP contribution >= 0.6 is 0 Å². The second-order valence-electron chi connectivity index (χ2n) is 7.02. The van der Waals surface area contributed by atoms with E-state index in [9.17, 15) is 13.2 Å². The molecule has 0 fully saturated rings. The molecular formula is C23H26N2O6S. The molecule has 0 saturated heterocycles. The fourth-order valence-corrected chi connectivity index (χ4v) is 4.03. The summed E-state index contributed by atoms with van der Waals surface area (Å²) in [7, 11) is -0.769. The quantitative estimate of drug-likeness (QED) is 0.470. The third-order valence-electron chi connectivity index (χ3n) is 4.76. The maximum absolute atomic E-state index is 12.4. The van der Waals surface area contributed by atoms with Gasteiger partial charge in [0.15, 0.2) is 11.5 Å². The topological polar surface area (TPSA) is 94.2 Å². The number of rotatable bonds is 10. The highest BCUT2D eigenvalue weighted by Crippen LogP contribution is 2.32. The minimum atomic E-state index is -3.71. The molecule has 0 heterocycles. The molecule has 170 valence electrons. The van der Waals surface area contributed by atoms with Gasteiger partial charge in [-0.1, -0.05) is 30.3 Å². The summed E-state index contributed by atoms with van der Waals surface area (Å²) in [6.45, 7) is 0.110. The van der Waals surface area contributed by atoms with Crippen molar-refractivity contribution in [1.82, 2.24) is 5.32 Å². The molecule has 32 heavy (non-hydrogen) atoms. The normalized spacial score (nSPS) is 11.1. The number of nitrogens with one attached hydrogen (secondary N) is 1. The summed E-state index contributed by atoms with van der Waals surface area (Å²) in [6.07, 6.45) is 1.04. The van der Waals surface area contributed by atoms with Gasteiger partial charge in [0.1, 0.15) is 18.9 Å². The fourth-order valence-electron chi connectivity index (χ4n) is 3.18. The Morgan fingerprint density at radius 2 is 1.66 bits per heavy atom. The van der Waals surface area contributed by atoms with Crippen LogP contribution in [-0.2, 0) is 14.8 Å². The maximum atomic E-state index is 12.4. The monoisotopic (exact) mass is 458 g/mol. The average Bonchev–Trinajstić information content (AvgIpc) is 2.79. The van der Waals surface area contributed by atoms with Gasteiger partial charge in [-0.3, -0.25) is 9.10 Å². The standard InChI is InChI=1S/C23H26N2O6S/c1-29-21-11-9-19(15-22(21)30-2)25(32(3,27)28)16-23(26)24-12-13-31-20-10-8-17-6-4-5-7-18(17)14-20/h4-11,14-15H,12-13,16H2,1-3H3,(H,24,26). The van der Waals surface area contributed by atoms with Crippen LogP contribution in [0.4, 0.5) is 5.69 Å². The Bertz CT molecular complexity index is 1200. The van der Waals surface area contributed by atoms with Gasteiger partial charge in [0.2, 0.25) is 15.9 Å². The van der Waals surface area contributed by atoms with Crippen molar-refractivity contribution in [3.05, 3.63) is 60.7 Å². The number of hydrogen-bond acceptors (Lipinski definition) is 6. The molecule has 9 heteroatoms. The van der Waals surface area contributed by atoms with Crippen LogP contribution < -0.4 is 23.8 Å². The van der Waals surface area contributed by atoms with Crippen LogP contribution in [0, 0.1) is 0 Å². The van der Waals surface area contributed by atoms with Crippen molar-refractivity contribution in [2.45, 2.75) is 0 Å². The summed E-state index contributed by atoms with van der Waals surface area (Å²) in [5.74, 6) is 1.07. The van der Waals surface area contributed by atoms with Gasteiger partial charge in [0.25, 0.3) is 0 Å². The first kappa shape index (κ1) is 23.2. The molecule has 8 nitrogen and oxygen atoms in total. The lowest BCUT2D eigenvalue weighted by Crippen LogP contribution is -2.41. The zero-order valence-electron chi connectivity index (χ0n) is 18.2. The van der Waals surface area contributed by atoms with E-state index >= 15 is 0 Å². The number of anilines is 1. The molecule has 0 bridgehead atoms. The molecule has 0 saturated carbocycles. The maximum Gasteiger partial charge on any atom is 0.240 e. The van der Waals surface area contributed by atoms with Gasteiger partial charge in [-0.25, -0.2) is 8.42 Å². The van der Waals surface area contributed by atoms with Gasteiger partial charge < -0.3 is 19.5 Å². The number of benzene rings is 3. The van der Waals surface area contributed by atoms with E-state index in [-0.39, 0.29) is 19.7 Å². The van der Waals surface area contributed by atoms with Crippen molar-refractivity contribution in [3.63, 3.8) is 0 Å². The summed E-state index contributed by atoms with van der Waals surface area (Å²) in [5.41, 5.74) is 0.299. The van der Waals surface area contributed by atoms with Crippen molar-refractivity contribution in [2.24, 2.45) is 0 Å². The van der Waals surface area contributed by atoms with Gasteiger partial charge in [0.05, 0.1) is 32.7 Å². The van der Waals surface area contributed by atoms with E-state index in [0.29, 0.717) is 22.9 Å². The number of amides is 1. The molecule has 0 radical (unpaired) electrons. The van der Waals surface area contributed by atoms with Crippen LogP contribution in [0.5, 0.6) is 17.2 Å². The largest absolute Gasteiger partial charge is 0.493 e. The Morgan fingerprint density at radius 3 is 2.34 bits per heavy atom. The Labute approximate surface area is 187 Å². The van der Waals surface area contributed by atoms with Crippen molar-refractivity contribution in [3.8, 4) is 17.2 Å². The van der Waals surface area contributed by atoms with Crippen molar-refractivity contribution in [1.29, 1.82) is 0 Å². The molecule has 0 unspecified atom stereocenters. The van der Waals surface area contributed by atoms with Crippen LogP contribution in [0.15, 0.2) is 60.7 Å². The molecule has 1 N–H and O–H groups in total. The van der Waals surface area contributed by atoms with Crippen LogP contribution in [0.1, 0.15) is 0 Å². The highest BCUT2D eigenvalue weighted by molar-refractivity contribution is 7.92. The number of hydrogen-bond donors (Lipinski definition) is 1. The molecule has 1 amide bonds. The molecular weight excluding hydrogens is 432 g/mol.